The average Bonchev–Trinajstić information content (AvgIpc) is 3.71. The van der Waals surface area contributed by atoms with Crippen LogP contribution in [-0.4, -0.2) is 20.7 Å². The van der Waals surface area contributed by atoms with Crippen LogP contribution in [0, 0.1) is 0 Å². The molecule has 0 radical (unpaired) electrons. The van der Waals surface area contributed by atoms with Gasteiger partial charge >= 0.3 is 0 Å². The minimum Gasteiger partial charge on any atom is -0.309 e. The van der Waals surface area contributed by atoms with Gasteiger partial charge in [-0.05, 0) is 67.3 Å². The van der Waals surface area contributed by atoms with Gasteiger partial charge in [-0.15, -0.1) is 0 Å². The molecular formula is C47H36N4. The first-order valence-corrected chi connectivity index (χ1v) is 17.5. The molecule has 4 heteroatoms. The van der Waals surface area contributed by atoms with Gasteiger partial charge in [-0.3, -0.25) is 0 Å². The zero-order valence-corrected chi connectivity index (χ0v) is 28.5. The quantitative estimate of drug-likeness (QED) is 0.126. The van der Waals surface area contributed by atoms with Crippen molar-refractivity contribution < 1.29 is 0 Å². The van der Waals surface area contributed by atoms with Crippen LogP contribution < -0.4 is 10.6 Å². The second-order valence-corrected chi connectivity index (χ2v) is 13.0. The molecule has 0 aliphatic heterocycles. The lowest BCUT2D eigenvalue weighted by Gasteiger charge is -2.15. The third-order valence-electron chi connectivity index (χ3n) is 9.92. The summed E-state index contributed by atoms with van der Waals surface area (Å²) in [6.07, 6.45) is 6.90. The van der Waals surface area contributed by atoms with Crippen LogP contribution in [-0.2, 0) is 0 Å². The van der Waals surface area contributed by atoms with E-state index >= 15 is 0 Å². The number of aromatic nitrogens is 2. The Morgan fingerprint density at radius 2 is 1.12 bits per heavy atom. The Kier molecular flexibility index (Phi) is 7.63. The molecule has 1 aliphatic carbocycles. The molecule has 0 spiro atoms. The van der Waals surface area contributed by atoms with E-state index in [1.54, 1.807) is 0 Å². The molecule has 6 aromatic carbocycles. The summed E-state index contributed by atoms with van der Waals surface area (Å²) in [6.45, 7) is 6.43. The second-order valence-electron chi connectivity index (χ2n) is 13.0. The van der Waals surface area contributed by atoms with Crippen molar-refractivity contribution in [1.82, 2.24) is 9.13 Å². The van der Waals surface area contributed by atoms with E-state index in [0.717, 1.165) is 52.0 Å². The first-order chi connectivity index (χ1) is 25.2. The highest BCUT2D eigenvalue weighted by molar-refractivity contribution is 6.17. The number of amidine groups is 1. The van der Waals surface area contributed by atoms with Gasteiger partial charge in [-0.2, -0.15) is 0 Å². The highest BCUT2D eigenvalue weighted by Gasteiger charge is 2.21. The van der Waals surface area contributed by atoms with Gasteiger partial charge in [0.25, 0.3) is 0 Å². The average molecular weight is 657 g/mol. The second kappa shape index (κ2) is 12.7. The highest BCUT2D eigenvalue weighted by atomic mass is 15.0. The zero-order chi connectivity index (χ0) is 34.3. The number of aliphatic imine (C=N–C) groups is 2. The molecule has 244 valence electrons. The van der Waals surface area contributed by atoms with Gasteiger partial charge in [0.05, 0.1) is 33.6 Å². The molecule has 0 N–H and O–H groups in total. The van der Waals surface area contributed by atoms with Crippen LogP contribution in [0.4, 0.5) is 0 Å². The fourth-order valence-corrected chi connectivity index (χ4v) is 7.58. The summed E-state index contributed by atoms with van der Waals surface area (Å²) in [6, 6.07) is 53.1. The molecule has 0 fully saturated rings. The van der Waals surface area contributed by atoms with Crippen LogP contribution in [0.1, 0.15) is 36.5 Å². The number of hydrogen-bond acceptors (Lipinski definition) is 1. The van der Waals surface area contributed by atoms with Gasteiger partial charge in [0.1, 0.15) is 0 Å². The van der Waals surface area contributed by atoms with E-state index in [1.165, 1.54) is 37.9 Å². The van der Waals surface area contributed by atoms with Gasteiger partial charge in [-0.1, -0.05) is 134 Å². The smallest absolute Gasteiger partial charge is 0.162 e. The fraction of sp³-hybridized carbons (Fsp3) is 0.0638. The molecule has 8 aromatic rings. The van der Waals surface area contributed by atoms with Crippen molar-refractivity contribution in [2.75, 3.05) is 0 Å². The van der Waals surface area contributed by atoms with Crippen molar-refractivity contribution in [1.29, 1.82) is 0 Å². The van der Waals surface area contributed by atoms with E-state index in [-0.39, 0.29) is 0 Å². The largest absolute Gasteiger partial charge is 0.309 e. The van der Waals surface area contributed by atoms with E-state index in [2.05, 4.69) is 131 Å². The van der Waals surface area contributed by atoms with Crippen LogP contribution in [0.5, 0.6) is 0 Å². The molecule has 2 heterocycles. The van der Waals surface area contributed by atoms with Gasteiger partial charge in [0.15, 0.2) is 5.84 Å². The lowest BCUT2D eigenvalue weighted by molar-refractivity contribution is 1.03. The lowest BCUT2D eigenvalue weighted by Crippen LogP contribution is -2.30. The molecule has 0 unspecified atom stereocenters. The normalized spacial score (nSPS) is 13.3. The summed E-state index contributed by atoms with van der Waals surface area (Å²) in [5.74, 6) is 0.610. The Balaban J connectivity index is 1.32. The molecule has 51 heavy (non-hydrogen) atoms. The van der Waals surface area contributed by atoms with E-state index < -0.39 is 0 Å². The standard InChI is InChI=1S/C47H36N4/c1-32(34-18-5-3-6-19-34)48-47(49-33(2)35-20-7-4-8-21-35)39-25-12-16-29-43(39)51-42-28-15-11-24-38(42)46-44(30-17-31-45(46)51)50-40-26-13-9-22-36(40)37-23-10-14-27-41(37)50/h3-9,11-13,15-31H,1,10,14H2,2H3/b48-47-,49-33+. The first-order valence-electron chi connectivity index (χ1n) is 17.5. The SMILES string of the molecule is C=C(/N=C(\N=C(/C)c1ccccc1)c1ccccc1-n1c2ccccc2c2c(-n3c4c(c5ccccc53)=CCCC=4)cccc21)c1ccccc1. The maximum absolute atomic E-state index is 5.23. The molecule has 0 saturated carbocycles. The Morgan fingerprint density at radius 1 is 0.529 bits per heavy atom. The van der Waals surface area contributed by atoms with Crippen molar-refractivity contribution in [3.8, 4) is 11.4 Å². The summed E-state index contributed by atoms with van der Waals surface area (Å²) in [5.41, 5.74) is 10.1. The van der Waals surface area contributed by atoms with Gasteiger partial charge in [-0.25, -0.2) is 9.98 Å². The summed E-state index contributed by atoms with van der Waals surface area (Å²) in [4.78, 5) is 10.4. The summed E-state index contributed by atoms with van der Waals surface area (Å²) in [7, 11) is 0. The summed E-state index contributed by atoms with van der Waals surface area (Å²) >= 11 is 0. The van der Waals surface area contributed by atoms with Crippen LogP contribution in [0.15, 0.2) is 168 Å². The van der Waals surface area contributed by atoms with Crippen molar-refractivity contribution in [3.05, 3.63) is 185 Å². The molecule has 2 aromatic heterocycles. The zero-order valence-electron chi connectivity index (χ0n) is 28.5. The number of rotatable bonds is 6. The van der Waals surface area contributed by atoms with Crippen LogP contribution in [0.3, 0.4) is 0 Å². The minimum absolute atomic E-state index is 0.610. The third kappa shape index (κ3) is 5.24. The minimum atomic E-state index is 0.610. The number of nitrogens with zero attached hydrogens (tertiary/aromatic N) is 4. The van der Waals surface area contributed by atoms with Gasteiger partial charge in [0, 0.05) is 38.0 Å². The van der Waals surface area contributed by atoms with Crippen LogP contribution in [0.2, 0.25) is 0 Å². The fourth-order valence-electron chi connectivity index (χ4n) is 7.58. The van der Waals surface area contributed by atoms with Crippen molar-refractivity contribution in [2.24, 2.45) is 9.98 Å². The maximum atomic E-state index is 5.23. The number of fused-ring (bicyclic) bond motifs is 6. The first kappa shape index (κ1) is 30.5. The van der Waals surface area contributed by atoms with Crippen molar-refractivity contribution in [3.63, 3.8) is 0 Å². The molecule has 9 rings (SSSR count). The van der Waals surface area contributed by atoms with Crippen LogP contribution in [0.25, 0.3) is 61.9 Å². The Morgan fingerprint density at radius 3 is 1.90 bits per heavy atom. The Hall–Kier alpha value is -6.52. The van der Waals surface area contributed by atoms with Crippen molar-refractivity contribution >= 4 is 62.1 Å². The number of benzene rings is 6. The Bertz CT molecular complexity index is 2810. The topological polar surface area (TPSA) is 34.6 Å². The molecular weight excluding hydrogens is 621 g/mol. The Labute approximate surface area is 297 Å². The maximum Gasteiger partial charge on any atom is 0.162 e. The molecule has 0 saturated heterocycles. The lowest BCUT2D eigenvalue weighted by atomic mass is 10.1. The van der Waals surface area contributed by atoms with Gasteiger partial charge in [0.2, 0.25) is 0 Å². The van der Waals surface area contributed by atoms with E-state index in [4.69, 9.17) is 9.98 Å². The van der Waals surface area contributed by atoms with E-state index in [0.29, 0.717) is 11.5 Å². The number of hydrogen-bond donors (Lipinski definition) is 0. The highest BCUT2D eigenvalue weighted by Crippen LogP contribution is 2.37. The number of para-hydroxylation sites is 3. The summed E-state index contributed by atoms with van der Waals surface area (Å²) in [5, 5.41) is 6.29. The van der Waals surface area contributed by atoms with Crippen molar-refractivity contribution in [2.45, 2.75) is 19.8 Å². The molecule has 0 atom stereocenters. The predicted octanol–water partition coefficient (Wildman–Crippen LogP) is 10.0. The molecule has 4 nitrogen and oxygen atoms in total. The predicted molar refractivity (Wildman–Crippen MR) is 216 cm³/mol. The monoisotopic (exact) mass is 656 g/mol. The molecule has 1 aliphatic rings. The van der Waals surface area contributed by atoms with E-state index in [1.807, 2.05) is 55.5 Å². The van der Waals surface area contributed by atoms with E-state index in [9.17, 15) is 0 Å². The van der Waals surface area contributed by atoms with Crippen LogP contribution >= 0.6 is 0 Å². The third-order valence-corrected chi connectivity index (χ3v) is 9.92. The van der Waals surface area contributed by atoms with Gasteiger partial charge < -0.3 is 9.13 Å². The summed E-state index contributed by atoms with van der Waals surface area (Å²) < 4.78 is 4.85. The molecule has 0 amide bonds. The molecule has 0 bridgehead atoms.